The molecule has 0 radical (unpaired) electrons. The van der Waals surface area contributed by atoms with Crippen LogP contribution in [0.5, 0.6) is 0 Å². The Kier molecular flexibility index (Phi) is 5.32. The quantitative estimate of drug-likeness (QED) is 0.741. The summed E-state index contributed by atoms with van der Waals surface area (Å²) in [6.45, 7) is 3.62. The van der Waals surface area contributed by atoms with Crippen LogP contribution in [0, 0.1) is 5.92 Å². The molecule has 1 amide bonds. The number of benzene rings is 1. The van der Waals surface area contributed by atoms with Gasteiger partial charge in [0.25, 0.3) is 0 Å². The van der Waals surface area contributed by atoms with E-state index in [9.17, 15) is 4.79 Å². The van der Waals surface area contributed by atoms with Crippen LogP contribution in [0.25, 0.3) is 5.82 Å². The first kappa shape index (κ1) is 18.2. The smallest absolute Gasteiger partial charge is 0.229 e. The molecule has 2 aromatic heterocycles. The van der Waals surface area contributed by atoms with Gasteiger partial charge in [0.1, 0.15) is 0 Å². The second-order valence-corrected chi connectivity index (χ2v) is 6.99. The number of aryl methyl sites for hydroxylation is 1. The number of hydrogen-bond donors (Lipinski definition) is 1. The molecular formula is C21H24N6O. The van der Waals surface area contributed by atoms with Crippen molar-refractivity contribution in [1.29, 1.82) is 0 Å². The van der Waals surface area contributed by atoms with Crippen molar-refractivity contribution < 1.29 is 4.79 Å². The maximum absolute atomic E-state index is 12.8. The van der Waals surface area contributed by atoms with Gasteiger partial charge in [-0.05, 0) is 49.1 Å². The highest BCUT2D eigenvalue weighted by Crippen LogP contribution is 2.24. The molecule has 0 spiro atoms. The van der Waals surface area contributed by atoms with Crippen molar-refractivity contribution in [1.82, 2.24) is 20.0 Å². The zero-order valence-corrected chi connectivity index (χ0v) is 16.0. The molecule has 1 atom stereocenters. The third kappa shape index (κ3) is 3.88. The summed E-state index contributed by atoms with van der Waals surface area (Å²) in [6.07, 6.45) is 6.27. The summed E-state index contributed by atoms with van der Waals surface area (Å²) in [5, 5.41) is 15.9. The zero-order valence-electron chi connectivity index (χ0n) is 16.0. The first-order valence-electron chi connectivity index (χ1n) is 9.72. The normalized spacial score (nSPS) is 16.8. The number of nitrogens with zero attached hydrogens (tertiary/aromatic N) is 5. The van der Waals surface area contributed by atoms with Crippen LogP contribution in [-0.2, 0) is 11.2 Å². The van der Waals surface area contributed by atoms with E-state index in [-0.39, 0.29) is 11.8 Å². The van der Waals surface area contributed by atoms with E-state index >= 15 is 0 Å². The minimum Gasteiger partial charge on any atom is -0.354 e. The fourth-order valence-corrected chi connectivity index (χ4v) is 3.60. The van der Waals surface area contributed by atoms with Crippen molar-refractivity contribution >= 4 is 17.4 Å². The van der Waals surface area contributed by atoms with Crippen molar-refractivity contribution in [2.24, 2.45) is 5.92 Å². The average molecular weight is 376 g/mol. The molecule has 3 aromatic rings. The van der Waals surface area contributed by atoms with Crippen LogP contribution in [0.2, 0.25) is 0 Å². The standard InChI is InChI=1S/C21H24N6O/c1-2-16-7-3-4-9-18(16)23-21(28)17-8-5-13-26(15-17)19-10-11-20(25-24-19)27-14-6-12-22-27/h3-4,6-7,9-12,14,17H,2,5,8,13,15H2,1H3,(H,23,28). The summed E-state index contributed by atoms with van der Waals surface area (Å²) in [5.74, 6) is 1.48. The van der Waals surface area contributed by atoms with Gasteiger partial charge in [0.05, 0.1) is 5.92 Å². The Balaban J connectivity index is 1.43. The Morgan fingerprint density at radius 1 is 1.14 bits per heavy atom. The van der Waals surface area contributed by atoms with Crippen molar-refractivity contribution in [3.05, 3.63) is 60.4 Å². The van der Waals surface area contributed by atoms with Gasteiger partial charge in [-0.1, -0.05) is 25.1 Å². The molecule has 0 saturated carbocycles. The van der Waals surface area contributed by atoms with Crippen LogP contribution in [0.3, 0.4) is 0 Å². The van der Waals surface area contributed by atoms with E-state index in [0.29, 0.717) is 12.4 Å². The van der Waals surface area contributed by atoms with Gasteiger partial charge in [-0.3, -0.25) is 4.79 Å². The highest BCUT2D eigenvalue weighted by atomic mass is 16.1. The molecule has 1 N–H and O–H groups in total. The van der Waals surface area contributed by atoms with E-state index in [0.717, 1.165) is 42.9 Å². The first-order chi connectivity index (χ1) is 13.7. The van der Waals surface area contributed by atoms with Crippen LogP contribution < -0.4 is 10.2 Å². The molecule has 1 aliphatic heterocycles. The van der Waals surface area contributed by atoms with Crippen LogP contribution in [0.1, 0.15) is 25.3 Å². The highest BCUT2D eigenvalue weighted by molar-refractivity contribution is 5.93. The van der Waals surface area contributed by atoms with Gasteiger partial charge in [0.15, 0.2) is 11.6 Å². The first-order valence-corrected chi connectivity index (χ1v) is 9.72. The molecule has 0 bridgehead atoms. The lowest BCUT2D eigenvalue weighted by Crippen LogP contribution is -2.41. The Hall–Kier alpha value is -3.22. The second kappa shape index (κ2) is 8.21. The van der Waals surface area contributed by atoms with Crippen molar-refractivity contribution in [2.75, 3.05) is 23.3 Å². The van der Waals surface area contributed by atoms with Crippen LogP contribution in [0.4, 0.5) is 11.5 Å². The van der Waals surface area contributed by atoms with Gasteiger partial charge in [-0.2, -0.15) is 5.10 Å². The van der Waals surface area contributed by atoms with Gasteiger partial charge in [-0.15, -0.1) is 10.2 Å². The second-order valence-electron chi connectivity index (χ2n) is 6.99. The molecule has 1 fully saturated rings. The number of rotatable bonds is 5. The molecule has 28 heavy (non-hydrogen) atoms. The van der Waals surface area contributed by atoms with Gasteiger partial charge in [0, 0.05) is 31.2 Å². The van der Waals surface area contributed by atoms with Crippen molar-refractivity contribution in [3.63, 3.8) is 0 Å². The van der Waals surface area contributed by atoms with E-state index in [1.807, 2.05) is 42.6 Å². The number of carbonyl (C=O) groups is 1. The number of hydrogen-bond acceptors (Lipinski definition) is 5. The minimum absolute atomic E-state index is 0.0637. The summed E-state index contributed by atoms with van der Waals surface area (Å²) in [5.41, 5.74) is 2.07. The molecule has 4 rings (SSSR count). The summed E-state index contributed by atoms with van der Waals surface area (Å²) >= 11 is 0. The molecule has 0 aliphatic carbocycles. The third-order valence-corrected chi connectivity index (χ3v) is 5.15. The number of carbonyl (C=O) groups excluding carboxylic acids is 1. The Bertz CT molecular complexity index is 922. The van der Waals surface area contributed by atoms with Crippen LogP contribution in [0.15, 0.2) is 54.9 Å². The van der Waals surface area contributed by atoms with E-state index < -0.39 is 0 Å². The van der Waals surface area contributed by atoms with Crippen molar-refractivity contribution in [3.8, 4) is 5.82 Å². The Morgan fingerprint density at radius 2 is 1.96 bits per heavy atom. The predicted octanol–water partition coefficient (Wildman–Crippen LogP) is 3.08. The molecule has 1 unspecified atom stereocenters. The minimum atomic E-state index is -0.0637. The lowest BCUT2D eigenvalue weighted by molar-refractivity contribution is -0.120. The van der Waals surface area contributed by atoms with Gasteiger partial charge >= 0.3 is 0 Å². The average Bonchev–Trinajstić information content (AvgIpc) is 3.29. The fourth-order valence-electron chi connectivity index (χ4n) is 3.60. The molecule has 1 aromatic carbocycles. The Morgan fingerprint density at radius 3 is 2.71 bits per heavy atom. The van der Waals surface area contributed by atoms with Crippen molar-refractivity contribution in [2.45, 2.75) is 26.2 Å². The third-order valence-electron chi connectivity index (χ3n) is 5.15. The number of aromatic nitrogens is 4. The summed E-state index contributed by atoms with van der Waals surface area (Å²) in [7, 11) is 0. The highest BCUT2D eigenvalue weighted by Gasteiger charge is 2.27. The van der Waals surface area contributed by atoms with E-state index in [2.05, 4.69) is 38.5 Å². The summed E-state index contributed by atoms with van der Waals surface area (Å²) in [4.78, 5) is 15.0. The number of anilines is 2. The lowest BCUT2D eigenvalue weighted by Gasteiger charge is -2.32. The molecule has 1 saturated heterocycles. The number of amides is 1. The van der Waals surface area contributed by atoms with E-state index in [1.54, 1.807) is 10.9 Å². The number of piperidine rings is 1. The molecular weight excluding hydrogens is 352 g/mol. The number of nitrogens with one attached hydrogen (secondary N) is 1. The predicted molar refractivity (Wildman–Crippen MR) is 109 cm³/mol. The van der Waals surface area contributed by atoms with Crippen LogP contribution in [-0.4, -0.2) is 39.0 Å². The van der Waals surface area contributed by atoms with Gasteiger partial charge < -0.3 is 10.2 Å². The summed E-state index contributed by atoms with van der Waals surface area (Å²) in [6, 6.07) is 13.7. The SMILES string of the molecule is CCc1ccccc1NC(=O)C1CCCN(c2ccc(-n3cccn3)nn2)C1. The molecule has 7 nitrogen and oxygen atoms in total. The Labute approximate surface area is 164 Å². The monoisotopic (exact) mass is 376 g/mol. The largest absolute Gasteiger partial charge is 0.354 e. The zero-order chi connectivity index (χ0) is 19.3. The maximum atomic E-state index is 12.8. The van der Waals surface area contributed by atoms with E-state index in [4.69, 9.17) is 0 Å². The maximum Gasteiger partial charge on any atom is 0.229 e. The molecule has 144 valence electrons. The summed E-state index contributed by atoms with van der Waals surface area (Å²) < 4.78 is 1.68. The van der Waals surface area contributed by atoms with Gasteiger partial charge in [-0.25, -0.2) is 4.68 Å². The molecule has 3 heterocycles. The lowest BCUT2D eigenvalue weighted by atomic mass is 9.96. The van der Waals surface area contributed by atoms with E-state index in [1.165, 1.54) is 0 Å². The molecule has 7 heteroatoms. The fraction of sp³-hybridized carbons (Fsp3) is 0.333. The topological polar surface area (TPSA) is 75.9 Å². The number of para-hydroxylation sites is 1. The van der Waals surface area contributed by atoms with Crippen LogP contribution >= 0.6 is 0 Å². The molecule has 1 aliphatic rings. The van der Waals surface area contributed by atoms with Gasteiger partial charge in [0.2, 0.25) is 5.91 Å².